The van der Waals surface area contributed by atoms with Crippen molar-refractivity contribution in [1.29, 1.82) is 0 Å². The van der Waals surface area contributed by atoms with Crippen LogP contribution in [0.2, 0.25) is 0 Å². The Balaban J connectivity index is 0.00000324. The van der Waals surface area contributed by atoms with E-state index in [4.69, 9.17) is 4.52 Å². The summed E-state index contributed by atoms with van der Waals surface area (Å²) in [5.74, 6) is 2.72. The first-order valence-corrected chi connectivity index (χ1v) is 6.35. The molecule has 2 N–H and O–H groups in total. The first-order chi connectivity index (χ1) is 8.61. The molecule has 0 spiro atoms. The van der Waals surface area contributed by atoms with Crippen LogP contribution in [0.25, 0.3) is 0 Å². The fraction of sp³-hybridized carbons (Fsp3) is 0.750. The first-order valence-electron chi connectivity index (χ1n) is 6.35. The smallest absolute Gasteiger partial charge is 0.223 e. The molecule has 1 aromatic rings. The lowest BCUT2D eigenvalue weighted by Gasteiger charge is -2.11. The summed E-state index contributed by atoms with van der Waals surface area (Å²) in [5, 5.41) is 10.2. The number of nitrogens with zero attached hydrogens (tertiary/aromatic N) is 3. The summed E-state index contributed by atoms with van der Waals surface area (Å²) in [7, 11) is 1.75. The van der Waals surface area contributed by atoms with Crippen LogP contribution in [0.1, 0.15) is 38.4 Å². The Hall–Kier alpha value is -0.860. The van der Waals surface area contributed by atoms with E-state index < -0.39 is 0 Å². The van der Waals surface area contributed by atoms with Crippen LogP contribution in [0, 0.1) is 12.8 Å². The molecule has 1 aromatic heterocycles. The summed E-state index contributed by atoms with van der Waals surface area (Å²) in [6.45, 7) is 7.66. The summed E-state index contributed by atoms with van der Waals surface area (Å²) < 4.78 is 4.89. The van der Waals surface area contributed by atoms with E-state index >= 15 is 0 Å². The average molecular weight is 381 g/mol. The zero-order valence-electron chi connectivity index (χ0n) is 12.1. The molecule has 0 aliphatic rings. The van der Waals surface area contributed by atoms with E-state index in [-0.39, 0.29) is 24.0 Å². The number of hydrogen-bond acceptors (Lipinski definition) is 4. The summed E-state index contributed by atoms with van der Waals surface area (Å²) in [6, 6.07) is 0. The second-order valence-electron chi connectivity index (χ2n) is 4.62. The molecule has 0 saturated carbocycles. The summed E-state index contributed by atoms with van der Waals surface area (Å²) in [6.07, 6.45) is 2.35. The highest BCUT2D eigenvalue weighted by molar-refractivity contribution is 14.0. The van der Waals surface area contributed by atoms with Gasteiger partial charge in [0, 0.05) is 20.5 Å². The van der Waals surface area contributed by atoms with Crippen molar-refractivity contribution in [3.8, 4) is 0 Å². The number of nitrogens with one attached hydrogen (secondary N) is 2. The van der Waals surface area contributed by atoms with Gasteiger partial charge in [0.25, 0.3) is 0 Å². The van der Waals surface area contributed by atoms with Gasteiger partial charge in [-0.05, 0) is 18.8 Å². The van der Waals surface area contributed by atoms with E-state index in [0.29, 0.717) is 18.3 Å². The summed E-state index contributed by atoms with van der Waals surface area (Å²) >= 11 is 0. The maximum absolute atomic E-state index is 4.89. The summed E-state index contributed by atoms with van der Waals surface area (Å²) in [5.41, 5.74) is 0. The van der Waals surface area contributed by atoms with Gasteiger partial charge in [0.2, 0.25) is 5.89 Å². The highest BCUT2D eigenvalue weighted by Crippen LogP contribution is 2.01. The molecule has 0 unspecified atom stereocenters. The van der Waals surface area contributed by atoms with E-state index in [9.17, 15) is 0 Å². The Morgan fingerprint density at radius 2 is 2.11 bits per heavy atom. The lowest BCUT2D eigenvalue weighted by atomic mass is 10.1. The van der Waals surface area contributed by atoms with Crippen molar-refractivity contribution in [1.82, 2.24) is 20.8 Å². The third-order valence-electron chi connectivity index (χ3n) is 2.46. The Morgan fingerprint density at radius 3 is 2.63 bits per heavy atom. The van der Waals surface area contributed by atoms with Crippen LogP contribution in [0.3, 0.4) is 0 Å². The van der Waals surface area contributed by atoms with Crippen LogP contribution >= 0.6 is 24.0 Å². The highest BCUT2D eigenvalue weighted by atomic mass is 127. The van der Waals surface area contributed by atoms with E-state index in [2.05, 4.69) is 39.6 Å². The molecule has 0 bridgehead atoms. The van der Waals surface area contributed by atoms with Gasteiger partial charge in [-0.2, -0.15) is 4.98 Å². The largest absolute Gasteiger partial charge is 0.356 e. The fourth-order valence-electron chi connectivity index (χ4n) is 1.51. The molecule has 0 aliphatic carbocycles. The van der Waals surface area contributed by atoms with Gasteiger partial charge in [0.05, 0.1) is 6.54 Å². The molecule has 0 amide bonds. The number of aryl methyl sites for hydroxylation is 1. The zero-order chi connectivity index (χ0) is 13.4. The van der Waals surface area contributed by atoms with Gasteiger partial charge in [0.1, 0.15) is 0 Å². The van der Waals surface area contributed by atoms with Crippen molar-refractivity contribution >= 4 is 29.9 Å². The quantitative estimate of drug-likeness (QED) is 0.342. The van der Waals surface area contributed by atoms with Crippen molar-refractivity contribution in [2.24, 2.45) is 10.9 Å². The minimum absolute atomic E-state index is 0. The standard InChI is InChI=1S/C12H23N5O.HI/c1-9(2)6-5-7-14-12(13-4)15-8-11-16-10(3)18-17-11;/h9H,5-8H2,1-4H3,(H2,13,14,15);1H. The molecule has 7 heteroatoms. The highest BCUT2D eigenvalue weighted by Gasteiger charge is 2.03. The second-order valence-corrected chi connectivity index (χ2v) is 4.62. The van der Waals surface area contributed by atoms with Crippen molar-refractivity contribution in [2.45, 2.75) is 40.2 Å². The van der Waals surface area contributed by atoms with Crippen LogP contribution in [-0.2, 0) is 6.54 Å². The van der Waals surface area contributed by atoms with Crippen molar-refractivity contribution in [3.05, 3.63) is 11.7 Å². The number of aromatic nitrogens is 2. The number of hydrogen-bond donors (Lipinski definition) is 2. The third-order valence-corrected chi connectivity index (χ3v) is 2.46. The zero-order valence-corrected chi connectivity index (χ0v) is 14.4. The van der Waals surface area contributed by atoms with Gasteiger partial charge in [-0.1, -0.05) is 19.0 Å². The molecule has 0 fully saturated rings. The molecular weight excluding hydrogens is 357 g/mol. The monoisotopic (exact) mass is 381 g/mol. The molecule has 0 aromatic carbocycles. The SMILES string of the molecule is CN=C(NCCCC(C)C)NCc1noc(C)n1.I. The fourth-order valence-corrected chi connectivity index (χ4v) is 1.51. The summed E-state index contributed by atoms with van der Waals surface area (Å²) in [4.78, 5) is 8.25. The van der Waals surface area contributed by atoms with Gasteiger partial charge in [-0.25, -0.2) is 0 Å². The molecule has 1 heterocycles. The third kappa shape index (κ3) is 8.02. The Kier molecular flexibility index (Phi) is 9.54. The van der Waals surface area contributed by atoms with Crippen LogP contribution < -0.4 is 10.6 Å². The van der Waals surface area contributed by atoms with Crippen LogP contribution in [0.4, 0.5) is 0 Å². The predicted molar refractivity (Wildman–Crippen MR) is 86.7 cm³/mol. The second kappa shape index (κ2) is 9.99. The van der Waals surface area contributed by atoms with Gasteiger partial charge >= 0.3 is 0 Å². The van der Waals surface area contributed by atoms with Crippen molar-refractivity contribution < 1.29 is 4.52 Å². The van der Waals surface area contributed by atoms with E-state index in [1.807, 2.05) is 0 Å². The van der Waals surface area contributed by atoms with Crippen LogP contribution in [0.15, 0.2) is 9.52 Å². The van der Waals surface area contributed by atoms with E-state index in [1.54, 1.807) is 14.0 Å². The van der Waals surface area contributed by atoms with Gasteiger partial charge in [-0.15, -0.1) is 24.0 Å². The number of aliphatic imine (C=N–C) groups is 1. The molecule has 0 radical (unpaired) electrons. The van der Waals surface area contributed by atoms with E-state index in [0.717, 1.165) is 24.8 Å². The molecule has 110 valence electrons. The normalized spacial score (nSPS) is 11.3. The van der Waals surface area contributed by atoms with E-state index in [1.165, 1.54) is 6.42 Å². The Morgan fingerprint density at radius 1 is 1.37 bits per heavy atom. The predicted octanol–water partition coefficient (Wildman–Crippen LogP) is 2.10. The Labute approximate surface area is 131 Å². The van der Waals surface area contributed by atoms with Crippen LogP contribution in [-0.4, -0.2) is 29.7 Å². The van der Waals surface area contributed by atoms with Crippen molar-refractivity contribution in [3.63, 3.8) is 0 Å². The molecule has 19 heavy (non-hydrogen) atoms. The number of guanidine groups is 1. The lowest BCUT2D eigenvalue weighted by Crippen LogP contribution is -2.37. The van der Waals surface area contributed by atoms with Gasteiger partial charge < -0.3 is 15.2 Å². The molecular formula is C12H24IN5O. The van der Waals surface area contributed by atoms with Crippen molar-refractivity contribution in [2.75, 3.05) is 13.6 Å². The first kappa shape index (κ1) is 18.1. The molecule has 0 atom stereocenters. The Bertz CT molecular complexity index is 378. The molecule has 1 rings (SSSR count). The average Bonchev–Trinajstić information content (AvgIpc) is 2.74. The molecule has 0 aliphatic heterocycles. The number of rotatable bonds is 6. The minimum atomic E-state index is 0. The maximum Gasteiger partial charge on any atom is 0.223 e. The molecule has 0 saturated heterocycles. The maximum atomic E-state index is 4.89. The topological polar surface area (TPSA) is 75.3 Å². The number of halogens is 1. The molecule has 6 nitrogen and oxygen atoms in total. The van der Waals surface area contributed by atoms with Crippen LogP contribution in [0.5, 0.6) is 0 Å². The van der Waals surface area contributed by atoms with Gasteiger partial charge in [0.15, 0.2) is 11.8 Å². The minimum Gasteiger partial charge on any atom is -0.356 e. The lowest BCUT2D eigenvalue weighted by molar-refractivity contribution is 0.386. The van der Waals surface area contributed by atoms with Gasteiger partial charge in [-0.3, -0.25) is 4.99 Å².